The lowest BCUT2D eigenvalue weighted by Gasteiger charge is -2.39. The molecule has 1 rings (SSSR count). The minimum Gasteiger partial charge on any atom is -0.380 e. The monoisotopic (exact) mass is 145 g/mol. The molecule has 0 aromatic rings. The molecule has 0 bridgehead atoms. The second kappa shape index (κ2) is 4.69. The molecule has 10 heavy (non-hydrogen) atoms. The van der Waals surface area contributed by atoms with Crippen molar-refractivity contribution in [1.29, 1.82) is 0 Å². The van der Waals surface area contributed by atoms with Gasteiger partial charge in [0.2, 0.25) is 0 Å². The molecule has 0 aromatic carbocycles. The first-order valence-corrected chi connectivity index (χ1v) is 4.11. The normalized spacial score (nSPS) is 20.4. The quantitative estimate of drug-likeness (QED) is 0.637. The first kappa shape index (κ1) is 9.92. The van der Waals surface area contributed by atoms with Crippen LogP contribution in [0.1, 0.15) is 27.2 Å². The van der Waals surface area contributed by atoms with Gasteiger partial charge in [-0.15, -0.1) is 0 Å². The summed E-state index contributed by atoms with van der Waals surface area (Å²) in [7, 11) is 0. The molecule has 0 radical (unpaired) electrons. The second-order valence-electron chi connectivity index (χ2n) is 2.55. The van der Waals surface area contributed by atoms with Crippen LogP contribution in [-0.4, -0.2) is 19.8 Å². The third-order valence-electron chi connectivity index (χ3n) is 2.00. The third kappa shape index (κ3) is 1.96. The van der Waals surface area contributed by atoms with Gasteiger partial charge in [-0.1, -0.05) is 20.8 Å². The van der Waals surface area contributed by atoms with Crippen molar-refractivity contribution in [2.75, 3.05) is 19.8 Å². The van der Waals surface area contributed by atoms with Crippen LogP contribution in [0.5, 0.6) is 0 Å². The minimum absolute atomic E-state index is 0.361. The highest BCUT2D eigenvalue weighted by atomic mass is 16.5. The fraction of sp³-hybridized carbons (Fsp3) is 1.00. The van der Waals surface area contributed by atoms with E-state index in [1.165, 1.54) is 0 Å². The van der Waals surface area contributed by atoms with Gasteiger partial charge in [0, 0.05) is 12.0 Å². The Labute approximate surface area is 63.7 Å². The third-order valence-corrected chi connectivity index (χ3v) is 2.00. The number of nitrogens with two attached hydrogens (primary N) is 1. The van der Waals surface area contributed by atoms with Gasteiger partial charge in [0.05, 0.1) is 13.2 Å². The standard InChI is InChI=1S/C6H13NO.C2H6/c1-2-6(3-7)4-8-5-6;1-2/h2-5,7H2,1H3;1-2H3. The van der Waals surface area contributed by atoms with E-state index in [9.17, 15) is 0 Å². The molecule has 2 heteroatoms. The van der Waals surface area contributed by atoms with Crippen LogP contribution in [0.3, 0.4) is 0 Å². The highest BCUT2D eigenvalue weighted by molar-refractivity contribution is 4.84. The number of rotatable bonds is 2. The van der Waals surface area contributed by atoms with E-state index in [-0.39, 0.29) is 0 Å². The van der Waals surface area contributed by atoms with Crippen LogP contribution in [-0.2, 0) is 4.74 Å². The zero-order valence-electron chi connectivity index (χ0n) is 7.31. The van der Waals surface area contributed by atoms with Crippen molar-refractivity contribution < 1.29 is 4.74 Å². The lowest BCUT2D eigenvalue weighted by molar-refractivity contribution is -0.108. The van der Waals surface area contributed by atoms with Gasteiger partial charge in [-0.05, 0) is 6.42 Å². The van der Waals surface area contributed by atoms with Crippen LogP contribution >= 0.6 is 0 Å². The molecule has 1 fully saturated rings. The highest BCUT2D eigenvalue weighted by Gasteiger charge is 2.34. The van der Waals surface area contributed by atoms with Crippen molar-refractivity contribution in [3.8, 4) is 0 Å². The smallest absolute Gasteiger partial charge is 0.0556 e. The van der Waals surface area contributed by atoms with Gasteiger partial charge in [-0.3, -0.25) is 0 Å². The molecule has 0 aliphatic carbocycles. The Hall–Kier alpha value is -0.0800. The highest BCUT2D eigenvalue weighted by Crippen LogP contribution is 2.28. The van der Waals surface area contributed by atoms with Crippen molar-refractivity contribution in [1.82, 2.24) is 0 Å². The molecular formula is C8H19NO. The van der Waals surface area contributed by atoms with Crippen molar-refractivity contribution in [2.24, 2.45) is 11.1 Å². The van der Waals surface area contributed by atoms with Crippen LogP contribution in [0.2, 0.25) is 0 Å². The molecule has 1 aliphatic rings. The average Bonchev–Trinajstić information content (AvgIpc) is 1.93. The summed E-state index contributed by atoms with van der Waals surface area (Å²) in [6, 6.07) is 0. The van der Waals surface area contributed by atoms with Crippen LogP contribution in [0, 0.1) is 5.41 Å². The SMILES string of the molecule is CC.CCC1(CN)COC1. The van der Waals surface area contributed by atoms with E-state index in [0.29, 0.717) is 5.41 Å². The lowest BCUT2D eigenvalue weighted by Crippen LogP contribution is -2.47. The summed E-state index contributed by atoms with van der Waals surface area (Å²) in [4.78, 5) is 0. The van der Waals surface area contributed by atoms with E-state index in [4.69, 9.17) is 10.5 Å². The predicted molar refractivity (Wildman–Crippen MR) is 43.9 cm³/mol. The fourth-order valence-corrected chi connectivity index (χ4v) is 0.857. The Kier molecular flexibility index (Phi) is 4.65. The van der Waals surface area contributed by atoms with Crippen molar-refractivity contribution in [2.45, 2.75) is 27.2 Å². The zero-order chi connectivity index (χ0) is 8.04. The van der Waals surface area contributed by atoms with Crippen LogP contribution in [0.25, 0.3) is 0 Å². The summed E-state index contributed by atoms with van der Waals surface area (Å²) in [5, 5.41) is 0. The van der Waals surface area contributed by atoms with Crippen LogP contribution in [0.4, 0.5) is 0 Å². The van der Waals surface area contributed by atoms with Gasteiger partial charge in [0.15, 0.2) is 0 Å². The molecule has 0 amide bonds. The van der Waals surface area contributed by atoms with Gasteiger partial charge >= 0.3 is 0 Å². The Morgan fingerprint density at radius 2 is 1.90 bits per heavy atom. The first-order valence-electron chi connectivity index (χ1n) is 4.11. The minimum atomic E-state index is 0.361. The van der Waals surface area contributed by atoms with Gasteiger partial charge in [0.1, 0.15) is 0 Å². The predicted octanol–water partition coefficient (Wildman–Crippen LogP) is 1.40. The summed E-state index contributed by atoms with van der Waals surface area (Å²) in [6.07, 6.45) is 1.16. The fourth-order valence-electron chi connectivity index (χ4n) is 0.857. The molecular weight excluding hydrogens is 126 g/mol. The Morgan fingerprint density at radius 1 is 1.40 bits per heavy atom. The molecule has 0 unspecified atom stereocenters. The summed E-state index contributed by atoms with van der Waals surface area (Å²) < 4.78 is 5.04. The maximum absolute atomic E-state index is 5.50. The maximum Gasteiger partial charge on any atom is 0.0556 e. The number of ether oxygens (including phenoxy) is 1. The zero-order valence-corrected chi connectivity index (χ0v) is 7.31. The summed E-state index contributed by atoms with van der Waals surface area (Å²) in [5.41, 5.74) is 5.86. The second-order valence-corrected chi connectivity index (χ2v) is 2.55. The molecule has 62 valence electrons. The Bertz CT molecular complexity index is 65.8. The van der Waals surface area contributed by atoms with E-state index in [2.05, 4.69) is 6.92 Å². The van der Waals surface area contributed by atoms with E-state index >= 15 is 0 Å². The molecule has 0 aromatic heterocycles. The van der Waals surface area contributed by atoms with Gasteiger partial charge in [-0.25, -0.2) is 0 Å². The van der Waals surface area contributed by atoms with Crippen LogP contribution in [0.15, 0.2) is 0 Å². The van der Waals surface area contributed by atoms with E-state index in [1.54, 1.807) is 0 Å². The maximum atomic E-state index is 5.50. The van der Waals surface area contributed by atoms with Gasteiger partial charge in [-0.2, -0.15) is 0 Å². The Balaban J connectivity index is 0.000000371. The molecule has 2 nitrogen and oxygen atoms in total. The van der Waals surface area contributed by atoms with Gasteiger partial charge in [0.25, 0.3) is 0 Å². The molecule has 1 heterocycles. The average molecular weight is 145 g/mol. The summed E-state index contributed by atoms with van der Waals surface area (Å²) in [6.45, 7) is 8.69. The molecule has 2 N–H and O–H groups in total. The van der Waals surface area contributed by atoms with Crippen molar-refractivity contribution in [3.63, 3.8) is 0 Å². The first-order chi connectivity index (χ1) is 4.83. The molecule has 0 spiro atoms. The lowest BCUT2D eigenvalue weighted by atomic mass is 9.84. The molecule has 1 aliphatic heterocycles. The topological polar surface area (TPSA) is 35.2 Å². The van der Waals surface area contributed by atoms with Crippen LogP contribution < -0.4 is 5.73 Å². The van der Waals surface area contributed by atoms with Gasteiger partial charge < -0.3 is 10.5 Å². The number of hydrogen-bond donors (Lipinski definition) is 1. The summed E-state index contributed by atoms with van der Waals surface area (Å²) in [5.74, 6) is 0. The molecule has 0 saturated carbocycles. The largest absolute Gasteiger partial charge is 0.380 e. The molecule has 0 atom stereocenters. The van der Waals surface area contributed by atoms with E-state index < -0.39 is 0 Å². The Morgan fingerprint density at radius 3 is 1.90 bits per heavy atom. The summed E-state index contributed by atoms with van der Waals surface area (Å²) >= 11 is 0. The van der Waals surface area contributed by atoms with E-state index in [1.807, 2.05) is 13.8 Å². The number of hydrogen-bond acceptors (Lipinski definition) is 2. The van der Waals surface area contributed by atoms with Crippen molar-refractivity contribution in [3.05, 3.63) is 0 Å². The van der Waals surface area contributed by atoms with Crippen molar-refractivity contribution >= 4 is 0 Å². The molecule has 1 saturated heterocycles. The van der Waals surface area contributed by atoms with E-state index in [0.717, 1.165) is 26.2 Å².